The first-order valence-electron chi connectivity index (χ1n) is 8.30. The molecule has 0 bridgehead atoms. The average Bonchev–Trinajstić information content (AvgIpc) is 2.94. The molecule has 0 radical (unpaired) electrons. The molecule has 2 unspecified atom stereocenters. The number of thioether (sulfide) groups is 1. The maximum Gasteiger partial charge on any atom is 0.124 e. The van der Waals surface area contributed by atoms with Gasteiger partial charge in [-0.1, -0.05) is 32.0 Å². The van der Waals surface area contributed by atoms with Crippen LogP contribution in [-0.4, -0.2) is 23.7 Å². The fourth-order valence-electron chi connectivity index (χ4n) is 3.03. The maximum atomic E-state index is 6.00. The Hall–Kier alpha value is -0.670. The first-order valence-corrected chi connectivity index (χ1v) is 9.29. The van der Waals surface area contributed by atoms with Gasteiger partial charge in [0.2, 0.25) is 0 Å². The summed E-state index contributed by atoms with van der Waals surface area (Å²) in [6.45, 7) is 8.65. The van der Waals surface area contributed by atoms with Gasteiger partial charge >= 0.3 is 0 Å². The van der Waals surface area contributed by atoms with Gasteiger partial charge in [0.05, 0.1) is 12.6 Å². The third-order valence-corrected chi connectivity index (χ3v) is 5.74. The second-order valence-electron chi connectivity index (χ2n) is 6.04. The second-order valence-corrected chi connectivity index (χ2v) is 7.67. The lowest BCUT2D eigenvalue weighted by Crippen LogP contribution is -2.38. The molecule has 1 fully saturated rings. The highest BCUT2D eigenvalue weighted by Crippen LogP contribution is 2.48. The van der Waals surface area contributed by atoms with Gasteiger partial charge in [0.15, 0.2) is 0 Å². The number of rotatable bonds is 8. The lowest BCUT2D eigenvalue weighted by Gasteiger charge is -2.35. The molecule has 2 nitrogen and oxygen atoms in total. The predicted molar refractivity (Wildman–Crippen MR) is 93.4 cm³/mol. The lowest BCUT2D eigenvalue weighted by molar-refractivity contribution is 0.304. The van der Waals surface area contributed by atoms with Crippen molar-refractivity contribution in [1.82, 2.24) is 5.32 Å². The number of para-hydroxylation sites is 1. The summed E-state index contributed by atoms with van der Waals surface area (Å²) in [6, 6.07) is 8.95. The van der Waals surface area contributed by atoms with Crippen LogP contribution in [0.4, 0.5) is 0 Å². The topological polar surface area (TPSA) is 21.3 Å². The van der Waals surface area contributed by atoms with Crippen molar-refractivity contribution in [3.8, 4) is 5.75 Å². The van der Waals surface area contributed by atoms with Crippen molar-refractivity contribution in [2.24, 2.45) is 0 Å². The van der Waals surface area contributed by atoms with Crippen LogP contribution in [0.1, 0.15) is 58.1 Å². The van der Waals surface area contributed by atoms with E-state index < -0.39 is 0 Å². The summed E-state index contributed by atoms with van der Waals surface area (Å²) < 4.78 is 6.28. The van der Waals surface area contributed by atoms with Crippen LogP contribution < -0.4 is 10.1 Å². The molecule has 1 aromatic carbocycles. The summed E-state index contributed by atoms with van der Waals surface area (Å²) in [6.07, 6.45) is 4.81. The van der Waals surface area contributed by atoms with Gasteiger partial charge in [0.25, 0.3) is 0 Å². The Kier molecular flexibility index (Phi) is 6.43. The van der Waals surface area contributed by atoms with Gasteiger partial charge in [-0.2, -0.15) is 11.8 Å². The van der Waals surface area contributed by atoms with Crippen molar-refractivity contribution in [2.45, 2.75) is 57.2 Å². The Morgan fingerprint density at radius 3 is 2.76 bits per heavy atom. The largest absolute Gasteiger partial charge is 0.493 e. The zero-order valence-corrected chi connectivity index (χ0v) is 14.5. The van der Waals surface area contributed by atoms with E-state index in [1.54, 1.807) is 0 Å². The molecule has 1 saturated heterocycles. The third-order valence-electron chi connectivity index (χ3n) is 4.15. The molecular weight excluding hydrogens is 278 g/mol. The van der Waals surface area contributed by atoms with Gasteiger partial charge in [-0.05, 0) is 51.0 Å². The Bertz CT molecular complexity index is 429. The number of hydrogen-bond acceptors (Lipinski definition) is 3. The SMILES string of the molecule is CCCNC(c1ccccc1OCCC)C1(C)CCCS1. The molecule has 0 saturated carbocycles. The van der Waals surface area contributed by atoms with Crippen LogP contribution in [0.5, 0.6) is 5.75 Å². The summed E-state index contributed by atoms with van der Waals surface area (Å²) in [7, 11) is 0. The average molecular weight is 308 g/mol. The minimum atomic E-state index is 0.279. The standard InChI is InChI=1S/C18H29NOS/c1-4-12-19-17(18(3)11-8-14-21-18)15-9-6-7-10-16(15)20-13-5-2/h6-7,9-10,17,19H,4-5,8,11-14H2,1-3H3. The van der Waals surface area contributed by atoms with E-state index in [0.29, 0.717) is 6.04 Å². The van der Waals surface area contributed by atoms with Gasteiger partial charge in [0, 0.05) is 10.3 Å². The molecule has 0 spiro atoms. The molecule has 1 aromatic rings. The van der Waals surface area contributed by atoms with E-state index in [-0.39, 0.29) is 4.75 Å². The van der Waals surface area contributed by atoms with Crippen molar-refractivity contribution in [3.05, 3.63) is 29.8 Å². The van der Waals surface area contributed by atoms with E-state index in [1.807, 2.05) is 0 Å². The van der Waals surface area contributed by atoms with Crippen molar-refractivity contribution < 1.29 is 4.74 Å². The van der Waals surface area contributed by atoms with Crippen molar-refractivity contribution in [1.29, 1.82) is 0 Å². The molecule has 118 valence electrons. The lowest BCUT2D eigenvalue weighted by atomic mass is 9.89. The molecule has 1 heterocycles. The van der Waals surface area contributed by atoms with Gasteiger partial charge in [-0.3, -0.25) is 0 Å². The van der Waals surface area contributed by atoms with Crippen LogP contribution in [0.25, 0.3) is 0 Å². The summed E-state index contributed by atoms with van der Waals surface area (Å²) in [4.78, 5) is 0. The first kappa shape index (κ1) is 16.7. The Labute approximate surface area is 134 Å². The molecule has 3 heteroatoms. The molecule has 2 atom stereocenters. The highest BCUT2D eigenvalue weighted by molar-refractivity contribution is 8.00. The quantitative estimate of drug-likeness (QED) is 0.745. The fourth-order valence-corrected chi connectivity index (χ4v) is 4.45. The number of benzene rings is 1. The number of hydrogen-bond donors (Lipinski definition) is 1. The molecular formula is C18H29NOS. The molecule has 1 aliphatic rings. The minimum absolute atomic E-state index is 0.279. The normalized spacial score (nSPS) is 23.2. The van der Waals surface area contributed by atoms with Crippen LogP contribution in [0.3, 0.4) is 0 Å². The molecule has 1 aliphatic heterocycles. The van der Waals surface area contributed by atoms with Crippen LogP contribution in [0.15, 0.2) is 24.3 Å². The molecule has 0 aromatic heterocycles. The summed E-state index contributed by atoms with van der Waals surface area (Å²) in [5.41, 5.74) is 1.33. The van der Waals surface area contributed by atoms with Crippen molar-refractivity contribution >= 4 is 11.8 Å². The fraction of sp³-hybridized carbons (Fsp3) is 0.667. The van der Waals surface area contributed by atoms with E-state index >= 15 is 0 Å². The van der Waals surface area contributed by atoms with E-state index in [1.165, 1.54) is 24.2 Å². The summed E-state index contributed by atoms with van der Waals surface area (Å²) in [5, 5.41) is 3.78. The van der Waals surface area contributed by atoms with Gasteiger partial charge < -0.3 is 10.1 Å². The Morgan fingerprint density at radius 1 is 1.29 bits per heavy atom. The van der Waals surface area contributed by atoms with E-state index in [2.05, 4.69) is 62.1 Å². The second kappa shape index (κ2) is 8.09. The molecule has 21 heavy (non-hydrogen) atoms. The van der Waals surface area contributed by atoms with E-state index in [0.717, 1.165) is 31.7 Å². The third kappa shape index (κ3) is 4.17. The maximum absolute atomic E-state index is 6.00. The highest BCUT2D eigenvalue weighted by Gasteiger charge is 2.39. The first-order chi connectivity index (χ1) is 10.2. The Morgan fingerprint density at radius 2 is 2.10 bits per heavy atom. The van der Waals surface area contributed by atoms with E-state index in [4.69, 9.17) is 4.74 Å². The van der Waals surface area contributed by atoms with Gasteiger partial charge in [-0.25, -0.2) is 0 Å². The monoisotopic (exact) mass is 307 g/mol. The molecule has 1 N–H and O–H groups in total. The zero-order valence-electron chi connectivity index (χ0n) is 13.7. The van der Waals surface area contributed by atoms with Crippen LogP contribution in [0.2, 0.25) is 0 Å². The zero-order chi connectivity index (χ0) is 15.1. The molecule has 0 amide bonds. The van der Waals surface area contributed by atoms with Crippen LogP contribution in [-0.2, 0) is 0 Å². The van der Waals surface area contributed by atoms with Crippen molar-refractivity contribution in [3.63, 3.8) is 0 Å². The Balaban J connectivity index is 2.27. The smallest absolute Gasteiger partial charge is 0.124 e. The number of nitrogens with one attached hydrogen (secondary N) is 1. The van der Waals surface area contributed by atoms with Crippen molar-refractivity contribution in [2.75, 3.05) is 18.9 Å². The summed E-state index contributed by atoms with van der Waals surface area (Å²) >= 11 is 2.11. The highest BCUT2D eigenvalue weighted by atomic mass is 32.2. The number of ether oxygens (including phenoxy) is 1. The van der Waals surface area contributed by atoms with Crippen LogP contribution in [0, 0.1) is 0 Å². The van der Waals surface area contributed by atoms with E-state index in [9.17, 15) is 0 Å². The van der Waals surface area contributed by atoms with Gasteiger partial charge in [0.1, 0.15) is 5.75 Å². The van der Waals surface area contributed by atoms with Crippen LogP contribution >= 0.6 is 11.8 Å². The minimum Gasteiger partial charge on any atom is -0.493 e. The summed E-state index contributed by atoms with van der Waals surface area (Å²) in [5.74, 6) is 2.33. The molecule has 2 rings (SSSR count). The predicted octanol–water partition coefficient (Wildman–Crippen LogP) is 4.80. The van der Waals surface area contributed by atoms with Gasteiger partial charge in [-0.15, -0.1) is 0 Å². The molecule has 0 aliphatic carbocycles.